The van der Waals surface area contributed by atoms with Crippen LogP contribution in [0.15, 0.2) is 4.42 Å². The van der Waals surface area contributed by atoms with Gasteiger partial charge in [0.05, 0.1) is 6.54 Å². The molecule has 88 valence electrons. The molecular weight excluding hydrogens is 241 g/mol. The lowest BCUT2D eigenvalue weighted by atomic mass is 10.4. The Bertz CT molecular complexity index is 525. The molecule has 0 saturated carbocycles. The molecule has 1 aromatic rings. The topological polar surface area (TPSA) is 93.4 Å². The summed E-state index contributed by atoms with van der Waals surface area (Å²) in [5.41, 5.74) is 0. The van der Waals surface area contributed by atoms with Gasteiger partial charge in [0.2, 0.25) is 11.8 Å². The third-order valence-corrected chi connectivity index (χ3v) is 3.35. The number of aryl methyl sites for hydroxylation is 1. The average molecular weight is 249 g/mol. The van der Waals surface area contributed by atoms with Gasteiger partial charge in [0.25, 0.3) is 0 Å². The van der Waals surface area contributed by atoms with Crippen molar-refractivity contribution in [3.05, 3.63) is 5.89 Å². The van der Waals surface area contributed by atoms with Gasteiger partial charge < -0.3 is 4.42 Å². The summed E-state index contributed by atoms with van der Waals surface area (Å²) in [5.74, 6) is -0.302. The molecule has 1 aromatic heterocycles. The summed E-state index contributed by atoms with van der Waals surface area (Å²) in [6.07, 6.45) is -0.403. The molecule has 1 saturated heterocycles. The van der Waals surface area contributed by atoms with E-state index in [0.29, 0.717) is 0 Å². The highest BCUT2D eigenvalue weighted by Gasteiger charge is 2.41. The second-order valence-corrected chi connectivity index (χ2v) is 5.03. The van der Waals surface area contributed by atoms with Gasteiger partial charge in [0.15, 0.2) is 0 Å². The maximum absolute atomic E-state index is 12.7. The number of nitrogens with zero attached hydrogens (tertiary/aromatic N) is 3. The van der Waals surface area contributed by atoms with E-state index in [1.54, 1.807) is 0 Å². The van der Waals surface area contributed by atoms with Gasteiger partial charge in [-0.2, -0.15) is 8.42 Å². The molecule has 16 heavy (non-hydrogen) atoms. The van der Waals surface area contributed by atoms with Gasteiger partial charge in [-0.25, -0.2) is 0 Å². The minimum absolute atomic E-state index is 0.103. The highest BCUT2D eigenvalue weighted by atomic mass is 32.3. The Morgan fingerprint density at radius 1 is 1.50 bits per heavy atom. The molecule has 0 aromatic carbocycles. The van der Waals surface area contributed by atoms with Crippen LogP contribution in [-0.4, -0.2) is 36.3 Å². The van der Waals surface area contributed by atoms with Gasteiger partial charge in [0, 0.05) is 13.3 Å². The first kappa shape index (κ1) is 11.0. The molecule has 1 unspecified atom stereocenters. The van der Waals surface area contributed by atoms with Crippen LogP contribution < -0.4 is 4.90 Å². The van der Waals surface area contributed by atoms with Crippen LogP contribution in [0.3, 0.4) is 0 Å². The summed E-state index contributed by atoms with van der Waals surface area (Å²) in [4.78, 5) is 12.4. The minimum atomic E-state index is -4.72. The van der Waals surface area contributed by atoms with Crippen LogP contribution in [0.25, 0.3) is 0 Å². The molecular formula is C7H8FN3O4S. The van der Waals surface area contributed by atoms with E-state index in [1.807, 2.05) is 0 Å². The molecule has 0 radical (unpaired) electrons. The third kappa shape index (κ3) is 1.90. The van der Waals surface area contributed by atoms with Crippen molar-refractivity contribution in [2.75, 3.05) is 11.4 Å². The second kappa shape index (κ2) is 3.51. The lowest BCUT2D eigenvalue weighted by molar-refractivity contribution is -0.117. The summed E-state index contributed by atoms with van der Waals surface area (Å²) in [7, 11) is -4.72. The molecule has 1 fully saturated rings. The van der Waals surface area contributed by atoms with Crippen LogP contribution >= 0.6 is 0 Å². The predicted molar refractivity (Wildman–Crippen MR) is 49.8 cm³/mol. The minimum Gasteiger partial charge on any atom is -0.408 e. The molecule has 0 bridgehead atoms. The van der Waals surface area contributed by atoms with Crippen molar-refractivity contribution in [3.8, 4) is 0 Å². The zero-order valence-electron chi connectivity index (χ0n) is 8.25. The van der Waals surface area contributed by atoms with E-state index in [0.717, 1.165) is 4.90 Å². The third-order valence-electron chi connectivity index (χ3n) is 2.23. The van der Waals surface area contributed by atoms with Gasteiger partial charge >= 0.3 is 16.2 Å². The fourth-order valence-corrected chi connectivity index (χ4v) is 2.11. The first-order chi connectivity index (χ1) is 7.38. The SMILES string of the molecule is Cc1nnc(N2CC(S(=O)(=O)F)CC2=O)o1. The van der Waals surface area contributed by atoms with E-state index < -0.39 is 27.8 Å². The van der Waals surface area contributed by atoms with E-state index in [2.05, 4.69) is 10.2 Å². The maximum atomic E-state index is 12.7. The largest absolute Gasteiger partial charge is 0.408 e. The van der Waals surface area contributed by atoms with Crippen molar-refractivity contribution in [2.24, 2.45) is 0 Å². The highest BCUT2D eigenvalue weighted by molar-refractivity contribution is 7.87. The fraction of sp³-hybridized carbons (Fsp3) is 0.571. The second-order valence-electron chi connectivity index (χ2n) is 3.41. The summed E-state index contributed by atoms with van der Waals surface area (Å²) < 4.78 is 39.0. The number of carbonyl (C=O) groups is 1. The lowest BCUT2D eigenvalue weighted by Crippen LogP contribution is -2.27. The molecule has 9 heteroatoms. The Morgan fingerprint density at radius 2 is 2.19 bits per heavy atom. The van der Waals surface area contributed by atoms with Crippen LogP contribution in [0.4, 0.5) is 9.90 Å². The monoisotopic (exact) mass is 249 g/mol. The molecule has 2 rings (SSSR count). The van der Waals surface area contributed by atoms with Gasteiger partial charge in [-0.15, -0.1) is 8.98 Å². The maximum Gasteiger partial charge on any atom is 0.325 e. The average Bonchev–Trinajstić information content (AvgIpc) is 2.70. The number of halogens is 1. The van der Waals surface area contributed by atoms with E-state index in [9.17, 15) is 17.1 Å². The lowest BCUT2D eigenvalue weighted by Gasteiger charge is -2.08. The predicted octanol–water partition coefficient (Wildman–Crippen LogP) is -0.217. The van der Waals surface area contributed by atoms with E-state index in [4.69, 9.17) is 4.42 Å². The van der Waals surface area contributed by atoms with Crippen LogP contribution in [0.2, 0.25) is 0 Å². The standard InChI is InChI=1S/C7H8FN3O4S/c1-4-9-10-7(15-4)11-3-5(2-6(11)12)16(8,13)14/h5H,2-3H2,1H3. The number of amides is 1. The Hall–Kier alpha value is -1.51. The molecule has 0 aliphatic carbocycles. The molecule has 1 amide bonds. The Balaban J connectivity index is 2.24. The highest BCUT2D eigenvalue weighted by Crippen LogP contribution is 2.24. The smallest absolute Gasteiger partial charge is 0.325 e. The van der Waals surface area contributed by atoms with Gasteiger partial charge in [0.1, 0.15) is 5.25 Å². The quantitative estimate of drug-likeness (QED) is 0.673. The van der Waals surface area contributed by atoms with Crippen molar-refractivity contribution in [3.63, 3.8) is 0 Å². The Labute approximate surface area is 90.5 Å². The first-order valence-corrected chi connectivity index (χ1v) is 5.86. The van der Waals surface area contributed by atoms with Crippen LogP contribution in [0.5, 0.6) is 0 Å². The molecule has 7 nitrogen and oxygen atoms in total. The first-order valence-electron chi connectivity index (χ1n) is 4.42. The van der Waals surface area contributed by atoms with Gasteiger partial charge in [-0.05, 0) is 0 Å². The number of hydrogen-bond donors (Lipinski definition) is 0. The van der Waals surface area contributed by atoms with E-state index in [-0.39, 0.29) is 18.5 Å². The van der Waals surface area contributed by atoms with Crippen molar-refractivity contribution in [1.82, 2.24) is 10.2 Å². The van der Waals surface area contributed by atoms with Gasteiger partial charge in [-0.3, -0.25) is 9.69 Å². The van der Waals surface area contributed by atoms with Crippen molar-refractivity contribution in [1.29, 1.82) is 0 Å². The Morgan fingerprint density at radius 3 is 2.62 bits per heavy atom. The fourth-order valence-electron chi connectivity index (χ4n) is 1.44. The van der Waals surface area contributed by atoms with Crippen molar-refractivity contribution in [2.45, 2.75) is 18.6 Å². The van der Waals surface area contributed by atoms with Gasteiger partial charge in [-0.1, -0.05) is 5.10 Å². The zero-order chi connectivity index (χ0) is 11.9. The van der Waals surface area contributed by atoms with Crippen molar-refractivity contribution < 1.29 is 21.5 Å². The summed E-state index contributed by atoms with van der Waals surface area (Å²) in [6.45, 7) is 1.24. The molecule has 0 spiro atoms. The van der Waals surface area contributed by atoms with Crippen LogP contribution in [0.1, 0.15) is 12.3 Å². The summed E-state index contributed by atoms with van der Waals surface area (Å²) >= 11 is 0. The molecule has 2 heterocycles. The summed E-state index contributed by atoms with van der Waals surface area (Å²) in [5, 5.41) is 5.71. The molecule has 1 aliphatic rings. The van der Waals surface area contributed by atoms with E-state index in [1.165, 1.54) is 6.92 Å². The van der Waals surface area contributed by atoms with Crippen molar-refractivity contribution >= 4 is 22.1 Å². The number of rotatable bonds is 2. The normalized spacial score (nSPS) is 21.8. The number of hydrogen-bond acceptors (Lipinski definition) is 6. The van der Waals surface area contributed by atoms with E-state index >= 15 is 0 Å². The molecule has 1 atom stereocenters. The molecule has 0 N–H and O–H groups in total. The van der Waals surface area contributed by atoms with Crippen LogP contribution in [-0.2, 0) is 15.0 Å². The zero-order valence-corrected chi connectivity index (χ0v) is 9.07. The summed E-state index contributed by atoms with van der Waals surface area (Å²) in [6, 6.07) is -0.103. The van der Waals surface area contributed by atoms with Crippen LogP contribution in [0, 0.1) is 6.92 Å². The molecule has 1 aliphatic heterocycles. The number of aromatic nitrogens is 2. The number of carbonyl (C=O) groups excluding carboxylic acids is 1. The number of anilines is 1. The Kier molecular flexibility index (Phi) is 2.41.